The molecule has 4 aromatic rings. The molecule has 0 aliphatic carbocycles. The SMILES string of the molecule is Cc1ccc(NC2=C(Sc3ccc(NC(=O)c4ccc(C)cc4)cc3)C(=O)N(Cc3ccco3)C2=O)cc1. The number of nitrogens with zero attached hydrogens (tertiary/aromatic N) is 1. The Morgan fingerprint density at radius 1 is 0.816 bits per heavy atom. The zero-order chi connectivity index (χ0) is 26.6. The average molecular weight is 524 g/mol. The van der Waals surface area contributed by atoms with E-state index in [4.69, 9.17) is 4.42 Å². The number of carbonyl (C=O) groups is 3. The van der Waals surface area contributed by atoms with Gasteiger partial charge in [0.05, 0.1) is 12.8 Å². The first-order valence-corrected chi connectivity index (χ1v) is 12.8. The third-order valence-corrected chi connectivity index (χ3v) is 7.08. The third kappa shape index (κ3) is 5.55. The molecular weight excluding hydrogens is 498 g/mol. The van der Waals surface area contributed by atoms with Crippen LogP contribution in [0.25, 0.3) is 0 Å². The second kappa shape index (κ2) is 10.8. The molecule has 3 aromatic carbocycles. The fourth-order valence-electron chi connectivity index (χ4n) is 3.87. The van der Waals surface area contributed by atoms with Crippen molar-refractivity contribution in [2.24, 2.45) is 0 Å². The molecule has 0 atom stereocenters. The first kappa shape index (κ1) is 25.1. The Morgan fingerprint density at radius 3 is 2.08 bits per heavy atom. The molecule has 38 heavy (non-hydrogen) atoms. The molecule has 2 N–H and O–H groups in total. The predicted molar refractivity (Wildman–Crippen MR) is 148 cm³/mol. The van der Waals surface area contributed by atoms with Gasteiger partial charge in [0.2, 0.25) is 0 Å². The maximum atomic E-state index is 13.4. The molecule has 0 spiro atoms. The van der Waals surface area contributed by atoms with Crippen molar-refractivity contribution >= 4 is 40.9 Å². The number of aryl methyl sites for hydroxylation is 2. The molecule has 190 valence electrons. The van der Waals surface area contributed by atoms with Crippen LogP contribution in [-0.2, 0) is 16.1 Å². The second-order valence-electron chi connectivity index (χ2n) is 8.92. The summed E-state index contributed by atoms with van der Waals surface area (Å²) in [7, 11) is 0. The summed E-state index contributed by atoms with van der Waals surface area (Å²) in [4.78, 5) is 41.5. The van der Waals surface area contributed by atoms with Gasteiger partial charge >= 0.3 is 0 Å². The molecule has 5 rings (SSSR count). The number of carbonyl (C=O) groups excluding carboxylic acids is 3. The summed E-state index contributed by atoms with van der Waals surface area (Å²) in [6, 6.07) is 25.5. The normalized spacial score (nSPS) is 13.3. The maximum Gasteiger partial charge on any atom is 0.278 e. The molecule has 0 radical (unpaired) electrons. The van der Waals surface area contributed by atoms with E-state index in [1.54, 1.807) is 48.5 Å². The van der Waals surface area contributed by atoms with E-state index in [-0.39, 0.29) is 18.1 Å². The van der Waals surface area contributed by atoms with Gasteiger partial charge in [-0.05, 0) is 74.5 Å². The second-order valence-corrected chi connectivity index (χ2v) is 10.0. The van der Waals surface area contributed by atoms with Gasteiger partial charge in [0.15, 0.2) is 0 Å². The smallest absolute Gasteiger partial charge is 0.278 e. The molecule has 0 saturated carbocycles. The lowest BCUT2D eigenvalue weighted by molar-refractivity contribution is -0.138. The van der Waals surface area contributed by atoms with Crippen LogP contribution in [0.1, 0.15) is 27.2 Å². The van der Waals surface area contributed by atoms with Gasteiger partial charge < -0.3 is 15.1 Å². The van der Waals surface area contributed by atoms with Crippen molar-refractivity contribution in [1.82, 2.24) is 4.90 Å². The minimum Gasteiger partial charge on any atom is -0.467 e. The predicted octanol–water partition coefficient (Wildman–Crippen LogP) is 6.13. The van der Waals surface area contributed by atoms with E-state index < -0.39 is 11.8 Å². The first-order valence-electron chi connectivity index (χ1n) is 12.0. The summed E-state index contributed by atoms with van der Waals surface area (Å²) in [6.07, 6.45) is 1.51. The van der Waals surface area contributed by atoms with E-state index in [1.165, 1.54) is 22.9 Å². The summed E-state index contributed by atoms with van der Waals surface area (Å²) in [6.45, 7) is 3.98. The Hall–Kier alpha value is -4.56. The molecule has 1 aromatic heterocycles. The van der Waals surface area contributed by atoms with Crippen LogP contribution in [0.4, 0.5) is 11.4 Å². The highest BCUT2D eigenvalue weighted by molar-refractivity contribution is 8.04. The summed E-state index contributed by atoms with van der Waals surface area (Å²) >= 11 is 1.20. The van der Waals surface area contributed by atoms with Gasteiger partial charge in [-0.3, -0.25) is 19.3 Å². The van der Waals surface area contributed by atoms with Gasteiger partial charge in [0.1, 0.15) is 16.4 Å². The molecule has 0 unspecified atom stereocenters. The number of nitrogens with one attached hydrogen (secondary N) is 2. The Bertz CT molecular complexity index is 1510. The number of amides is 3. The summed E-state index contributed by atoms with van der Waals surface area (Å²) in [5, 5.41) is 6.03. The van der Waals surface area contributed by atoms with Gasteiger partial charge in [-0.2, -0.15) is 0 Å². The minimum absolute atomic E-state index is 0.0395. The van der Waals surface area contributed by atoms with Crippen molar-refractivity contribution < 1.29 is 18.8 Å². The minimum atomic E-state index is -0.420. The number of rotatable bonds is 8. The number of benzene rings is 3. The van der Waals surface area contributed by atoms with Crippen LogP contribution in [0.5, 0.6) is 0 Å². The Morgan fingerprint density at radius 2 is 1.45 bits per heavy atom. The Labute approximate surface area is 224 Å². The lowest BCUT2D eigenvalue weighted by atomic mass is 10.1. The van der Waals surface area contributed by atoms with E-state index in [9.17, 15) is 14.4 Å². The Kier molecular flexibility index (Phi) is 7.15. The van der Waals surface area contributed by atoms with Crippen molar-refractivity contribution in [3.05, 3.63) is 124 Å². The van der Waals surface area contributed by atoms with E-state index in [0.717, 1.165) is 16.0 Å². The van der Waals surface area contributed by atoms with Crippen molar-refractivity contribution in [3.8, 4) is 0 Å². The van der Waals surface area contributed by atoms with Crippen molar-refractivity contribution in [2.45, 2.75) is 25.3 Å². The van der Waals surface area contributed by atoms with Crippen LogP contribution in [0.3, 0.4) is 0 Å². The fraction of sp³-hybridized carbons (Fsp3) is 0.100. The highest BCUT2D eigenvalue weighted by Crippen LogP contribution is 2.37. The van der Waals surface area contributed by atoms with Gasteiger partial charge in [-0.15, -0.1) is 0 Å². The third-order valence-electron chi connectivity index (χ3n) is 5.99. The standard InChI is InChI=1S/C30H25N3O4S/c1-19-5-9-21(10-6-19)28(34)32-23-13-15-25(16-14-23)38-27-26(31-22-11-7-20(2)8-12-22)29(35)33(30(27)36)18-24-4-3-17-37-24/h3-17,31H,18H2,1-2H3,(H,32,34). The van der Waals surface area contributed by atoms with E-state index in [2.05, 4.69) is 10.6 Å². The molecule has 0 bridgehead atoms. The average Bonchev–Trinajstić information content (AvgIpc) is 3.51. The lowest BCUT2D eigenvalue weighted by Crippen LogP contribution is -2.31. The van der Waals surface area contributed by atoms with Gasteiger partial charge in [-0.1, -0.05) is 47.2 Å². The molecule has 3 amide bonds. The Balaban J connectivity index is 1.36. The number of hydrogen-bond acceptors (Lipinski definition) is 6. The van der Waals surface area contributed by atoms with Crippen LogP contribution < -0.4 is 10.6 Å². The zero-order valence-corrected chi connectivity index (χ0v) is 21.7. The monoisotopic (exact) mass is 523 g/mol. The van der Waals surface area contributed by atoms with Crippen LogP contribution in [0, 0.1) is 13.8 Å². The van der Waals surface area contributed by atoms with Crippen LogP contribution in [0.2, 0.25) is 0 Å². The highest BCUT2D eigenvalue weighted by atomic mass is 32.2. The fourth-order valence-corrected chi connectivity index (χ4v) is 4.82. The van der Waals surface area contributed by atoms with Crippen molar-refractivity contribution in [2.75, 3.05) is 10.6 Å². The van der Waals surface area contributed by atoms with Gasteiger partial charge in [0, 0.05) is 21.8 Å². The quantitative estimate of drug-likeness (QED) is 0.270. The summed E-state index contributed by atoms with van der Waals surface area (Å²) in [5.41, 5.74) is 4.28. The van der Waals surface area contributed by atoms with E-state index in [0.29, 0.717) is 27.6 Å². The molecule has 2 heterocycles. The van der Waals surface area contributed by atoms with Gasteiger partial charge in [-0.25, -0.2) is 0 Å². The maximum absolute atomic E-state index is 13.4. The largest absolute Gasteiger partial charge is 0.467 e. The number of hydrogen-bond donors (Lipinski definition) is 2. The zero-order valence-electron chi connectivity index (χ0n) is 20.9. The molecular formula is C30H25N3O4S. The van der Waals surface area contributed by atoms with Crippen LogP contribution in [0.15, 0.2) is 111 Å². The topological polar surface area (TPSA) is 91.7 Å². The lowest BCUT2D eigenvalue weighted by Gasteiger charge is -2.13. The summed E-state index contributed by atoms with van der Waals surface area (Å²) in [5.74, 6) is -0.511. The molecule has 7 nitrogen and oxygen atoms in total. The molecule has 0 fully saturated rings. The van der Waals surface area contributed by atoms with Gasteiger partial charge in [0.25, 0.3) is 17.7 Å². The highest BCUT2D eigenvalue weighted by Gasteiger charge is 2.39. The first-order chi connectivity index (χ1) is 18.4. The number of imide groups is 1. The van der Waals surface area contributed by atoms with Crippen molar-refractivity contribution in [3.63, 3.8) is 0 Å². The van der Waals surface area contributed by atoms with Crippen LogP contribution in [-0.4, -0.2) is 22.6 Å². The number of anilines is 2. The number of furan rings is 1. The number of thioether (sulfide) groups is 1. The molecule has 8 heteroatoms. The molecule has 0 saturated heterocycles. The van der Waals surface area contributed by atoms with E-state index in [1.807, 2.05) is 50.2 Å². The summed E-state index contributed by atoms with van der Waals surface area (Å²) < 4.78 is 5.37. The van der Waals surface area contributed by atoms with Crippen molar-refractivity contribution in [1.29, 1.82) is 0 Å². The molecule has 1 aliphatic heterocycles. The van der Waals surface area contributed by atoms with Crippen LogP contribution >= 0.6 is 11.8 Å². The molecule has 1 aliphatic rings. The van der Waals surface area contributed by atoms with E-state index >= 15 is 0 Å².